The fraction of sp³-hybridized carbons (Fsp3) is 0.647. The quantitative estimate of drug-likeness (QED) is 0.923. The first-order chi connectivity index (χ1) is 10.2. The summed E-state index contributed by atoms with van der Waals surface area (Å²) in [4.78, 5) is 5.03. The predicted octanol–water partition coefficient (Wildman–Crippen LogP) is 2.42. The highest BCUT2D eigenvalue weighted by Gasteiger charge is 2.28. The van der Waals surface area contributed by atoms with Gasteiger partial charge in [-0.05, 0) is 31.9 Å². The standard InChI is InChI=1S/C17H25FN2O/c18-16-7-2-1-6-15(16)17(21)8-10-19-11-12-20-9-4-3-5-14(20)13-19/h1-2,6-7,14,17,21H,3-5,8-13H2. The minimum atomic E-state index is -0.699. The molecule has 2 aliphatic rings. The Kier molecular flexibility index (Phi) is 4.88. The average molecular weight is 292 g/mol. The van der Waals surface area contributed by atoms with Crippen LogP contribution in [0, 0.1) is 5.82 Å². The van der Waals surface area contributed by atoms with Gasteiger partial charge in [-0.3, -0.25) is 4.90 Å². The van der Waals surface area contributed by atoms with Gasteiger partial charge in [0.05, 0.1) is 6.10 Å². The van der Waals surface area contributed by atoms with Gasteiger partial charge in [-0.1, -0.05) is 24.6 Å². The lowest BCUT2D eigenvalue weighted by atomic mass is 9.99. The van der Waals surface area contributed by atoms with Crippen LogP contribution in [0.2, 0.25) is 0 Å². The second-order valence-corrected chi connectivity index (χ2v) is 6.31. The Morgan fingerprint density at radius 1 is 1.19 bits per heavy atom. The number of hydrogen-bond donors (Lipinski definition) is 1. The van der Waals surface area contributed by atoms with Gasteiger partial charge in [0.2, 0.25) is 0 Å². The normalized spacial score (nSPS) is 25.5. The molecule has 4 heteroatoms. The van der Waals surface area contributed by atoms with Crippen LogP contribution >= 0.6 is 0 Å². The molecule has 0 amide bonds. The summed E-state index contributed by atoms with van der Waals surface area (Å²) in [7, 11) is 0. The smallest absolute Gasteiger partial charge is 0.128 e. The van der Waals surface area contributed by atoms with E-state index < -0.39 is 6.10 Å². The van der Waals surface area contributed by atoms with E-state index in [1.807, 2.05) is 0 Å². The SMILES string of the molecule is OC(CCN1CCN2CCCCC2C1)c1ccccc1F. The highest BCUT2D eigenvalue weighted by Crippen LogP contribution is 2.23. The molecule has 3 rings (SSSR count). The van der Waals surface area contributed by atoms with Crippen molar-refractivity contribution in [1.82, 2.24) is 9.80 Å². The number of piperidine rings is 1. The number of fused-ring (bicyclic) bond motifs is 1. The van der Waals surface area contributed by atoms with Crippen LogP contribution in [-0.2, 0) is 0 Å². The maximum absolute atomic E-state index is 13.6. The third kappa shape index (κ3) is 3.62. The molecule has 0 radical (unpaired) electrons. The zero-order chi connectivity index (χ0) is 14.7. The van der Waals surface area contributed by atoms with Gasteiger partial charge in [-0.15, -0.1) is 0 Å². The molecule has 2 saturated heterocycles. The molecular formula is C17H25FN2O. The fourth-order valence-corrected chi connectivity index (χ4v) is 3.63. The van der Waals surface area contributed by atoms with E-state index in [1.54, 1.807) is 18.2 Å². The minimum absolute atomic E-state index is 0.304. The monoisotopic (exact) mass is 292 g/mol. The Morgan fingerprint density at radius 3 is 2.90 bits per heavy atom. The van der Waals surface area contributed by atoms with Crippen LogP contribution in [-0.4, -0.2) is 53.7 Å². The summed E-state index contributed by atoms with van der Waals surface area (Å²) in [6, 6.07) is 7.23. The molecule has 0 spiro atoms. The second kappa shape index (κ2) is 6.86. The van der Waals surface area contributed by atoms with E-state index in [1.165, 1.54) is 31.9 Å². The van der Waals surface area contributed by atoms with Crippen molar-refractivity contribution < 1.29 is 9.50 Å². The van der Waals surface area contributed by atoms with Gasteiger partial charge in [0, 0.05) is 37.8 Å². The first-order valence-corrected chi connectivity index (χ1v) is 8.13. The number of halogens is 1. The molecule has 2 unspecified atom stereocenters. The summed E-state index contributed by atoms with van der Waals surface area (Å²) in [5.41, 5.74) is 0.425. The third-order valence-electron chi connectivity index (χ3n) is 4.90. The van der Waals surface area contributed by atoms with E-state index in [-0.39, 0.29) is 5.82 Å². The number of hydrogen-bond acceptors (Lipinski definition) is 3. The van der Waals surface area contributed by atoms with Crippen LogP contribution in [0.4, 0.5) is 4.39 Å². The van der Waals surface area contributed by atoms with Crippen molar-refractivity contribution in [2.75, 3.05) is 32.7 Å². The van der Waals surface area contributed by atoms with Gasteiger partial charge in [0.25, 0.3) is 0 Å². The van der Waals surface area contributed by atoms with Gasteiger partial charge in [0.15, 0.2) is 0 Å². The Hall–Kier alpha value is -0.970. The zero-order valence-electron chi connectivity index (χ0n) is 12.5. The van der Waals surface area contributed by atoms with Crippen molar-refractivity contribution in [2.45, 2.75) is 37.8 Å². The average Bonchev–Trinajstić information content (AvgIpc) is 2.53. The van der Waals surface area contributed by atoms with Crippen LogP contribution in [0.1, 0.15) is 37.4 Å². The Labute approximate surface area is 126 Å². The molecular weight excluding hydrogens is 267 g/mol. The molecule has 21 heavy (non-hydrogen) atoms. The summed E-state index contributed by atoms with van der Waals surface area (Å²) in [5.74, 6) is -0.304. The summed E-state index contributed by atoms with van der Waals surface area (Å²) in [5, 5.41) is 10.2. The van der Waals surface area contributed by atoms with Crippen LogP contribution in [0.25, 0.3) is 0 Å². The molecule has 2 fully saturated rings. The lowest BCUT2D eigenvalue weighted by Gasteiger charge is -2.44. The summed E-state index contributed by atoms with van der Waals surface area (Å²) in [6.07, 6.45) is 3.88. The zero-order valence-corrected chi connectivity index (χ0v) is 12.5. The van der Waals surface area contributed by atoms with Crippen molar-refractivity contribution in [3.63, 3.8) is 0 Å². The van der Waals surface area contributed by atoms with E-state index in [9.17, 15) is 9.50 Å². The molecule has 1 aromatic carbocycles. The maximum atomic E-state index is 13.6. The predicted molar refractivity (Wildman–Crippen MR) is 81.6 cm³/mol. The molecule has 0 aliphatic carbocycles. The van der Waals surface area contributed by atoms with Crippen LogP contribution in [0.15, 0.2) is 24.3 Å². The molecule has 3 nitrogen and oxygen atoms in total. The molecule has 0 bridgehead atoms. The van der Waals surface area contributed by atoms with Crippen molar-refractivity contribution in [3.05, 3.63) is 35.6 Å². The number of aliphatic hydroxyl groups is 1. The number of aliphatic hydroxyl groups excluding tert-OH is 1. The summed E-state index contributed by atoms with van der Waals surface area (Å²) in [6.45, 7) is 5.40. The number of piperazine rings is 1. The molecule has 0 saturated carbocycles. The third-order valence-corrected chi connectivity index (χ3v) is 4.90. The fourth-order valence-electron chi connectivity index (χ4n) is 3.63. The minimum Gasteiger partial charge on any atom is -0.388 e. The van der Waals surface area contributed by atoms with Gasteiger partial charge < -0.3 is 10.0 Å². The highest BCUT2D eigenvalue weighted by molar-refractivity contribution is 5.19. The van der Waals surface area contributed by atoms with Crippen molar-refractivity contribution in [1.29, 1.82) is 0 Å². The highest BCUT2D eigenvalue weighted by atomic mass is 19.1. The maximum Gasteiger partial charge on any atom is 0.128 e. The number of benzene rings is 1. The van der Waals surface area contributed by atoms with Crippen molar-refractivity contribution >= 4 is 0 Å². The molecule has 2 atom stereocenters. The van der Waals surface area contributed by atoms with E-state index in [2.05, 4.69) is 9.80 Å². The summed E-state index contributed by atoms with van der Waals surface area (Å²) >= 11 is 0. The summed E-state index contributed by atoms with van der Waals surface area (Å²) < 4.78 is 13.6. The molecule has 1 N–H and O–H groups in total. The molecule has 2 aliphatic heterocycles. The lowest BCUT2D eigenvalue weighted by Crippen LogP contribution is -2.54. The van der Waals surface area contributed by atoms with Crippen LogP contribution in [0.3, 0.4) is 0 Å². The Balaban J connectivity index is 1.50. The van der Waals surface area contributed by atoms with Crippen LogP contribution < -0.4 is 0 Å². The van der Waals surface area contributed by atoms with Crippen LogP contribution in [0.5, 0.6) is 0 Å². The van der Waals surface area contributed by atoms with Gasteiger partial charge >= 0.3 is 0 Å². The molecule has 0 aromatic heterocycles. The van der Waals surface area contributed by atoms with Gasteiger partial charge in [0.1, 0.15) is 5.82 Å². The van der Waals surface area contributed by atoms with E-state index >= 15 is 0 Å². The van der Waals surface area contributed by atoms with E-state index in [4.69, 9.17) is 0 Å². The van der Waals surface area contributed by atoms with Gasteiger partial charge in [-0.25, -0.2) is 4.39 Å². The second-order valence-electron chi connectivity index (χ2n) is 6.31. The largest absolute Gasteiger partial charge is 0.388 e. The number of nitrogens with zero attached hydrogens (tertiary/aromatic N) is 2. The number of rotatable bonds is 4. The van der Waals surface area contributed by atoms with E-state index in [0.717, 1.165) is 26.2 Å². The van der Waals surface area contributed by atoms with Crippen molar-refractivity contribution in [3.8, 4) is 0 Å². The first kappa shape index (κ1) is 14.9. The molecule has 116 valence electrons. The van der Waals surface area contributed by atoms with E-state index in [0.29, 0.717) is 18.0 Å². The molecule has 1 aromatic rings. The topological polar surface area (TPSA) is 26.7 Å². The lowest BCUT2D eigenvalue weighted by molar-refractivity contribution is 0.0402. The van der Waals surface area contributed by atoms with Gasteiger partial charge in [-0.2, -0.15) is 0 Å². The first-order valence-electron chi connectivity index (χ1n) is 8.13. The molecule has 2 heterocycles. The Morgan fingerprint density at radius 2 is 2.05 bits per heavy atom. The Bertz CT molecular complexity index is 468. The van der Waals surface area contributed by atoms with Crippen molar-refractivity contribution in [2.24, 2.45) is 0 Å².